The fourth-order valence-corrected chi connectivity index (χ4v) is 5.36. The van der Waals surface area contributed by atoms with Crippen molar-refractivity contribution in [3.05, 3.63) is 48.6 Å². The Hall–Kier alpha value is -1.12. The highest BCUT2D eigenvalue weighted by molar-refractivity contribution is 4.93. The van der Waals surface area contributed by atoms with E-state index in [-0.39, 0.29) is 0 Å². The number of hydrogen-bond acceptors (Lipinski definition) is 1. The third-order valence-electron chi connectivity index (χ3n) is 8.15. The predicted octanol–water partition coefficient (Wildman–Crippen LogP) is 13.4. The molecular formula is C41H78NO+. The quantitative estimate of drug-likeness (QED) is 0.0315. The summed E-state index contributed by atoms with van der Waals surface area (Å²) < 4.78 is 7.30. The molecule has 0 fully saturated rings. The van der Waals surface area contributed by atoms with Gasteiger partial charge in [-0.1, -0.05) is 152 Å². The Labute approximate surface area is 272 Å². The van der Waals surface area contributed by atoms with Gasteiger partial charge in [-0.15, -0.1) is 0 Å². The molecule has 252 valence electrons. The van der Waals surface area contributed by atoms with Crippen LogP contribution in [0.4, 0.5) is 0 Å². The van der Waals surface area contributed by atoms with Crippen LogP contribution >= 0.6 is 0 Å². The first-order chi connectivity index (χ1) is 21.0. The van der Waals surface area contributed by atoms with E-state index in [1.165, 1.54) is 154 Å². The van der Waals surface area contributed by atoms with Crippen LogP contribution < -0.4 is 0 Å². The van der Waals surface area contributed by atoms with Crippen LogP contribution in [0.2, 0.25) is 0 Å². The summed E-state index contributed by atoms with van der Waals surface area (Å²) in [6, 6.07) is 0. The molecule has 0 aromatic rings. The van der Waals surface area contributed by atoms with Gasteiger partial charge in [0.25, 0.3) is 0 Å². The first kappa shape index (κ1) is 41.9. The van der Waals surface area contributed by atoms with Crippen molar-refractivity contribution in [2.45, 2.75) is 187 Å². The Morgan fingerprint density at radius 3 is 1.09 bits per heavy atom. The molecule has 2 heteroatoms. The number of ether oxygens (including phenoxy) is 1. The lowest BCUT2D eigenvalue weighted by Crippen LogP contribution is -2.38. The fraction of sp³-hybridized carbons (Fsp3) is 0.805. The van der Waals surface area contributed by atoms with Crippen molar-refractivity contribution in [1.29, 1.82) is 0 Å². The first-order valence-electron chi connectivity index (χ1n) is 19.0. The van der Waals surface area contributed by atoms with Crippen LogP contribution in [0, 0.1) is 0 Å². The van der Waals surface area contributed by atoms with Crippen molar-refractivity contribution in [2.24, 2.45) is 0 Å². The van der Waals surface area contributed by atoms with E-state index in [1.54, 1.807) is 0 Å². The summed E-state index contributed by atoms with van der Waals surface area (Å²) in [6.07, 6.45) is 53.5. The van der Waals surface area contributed by atoms with E-state index in [0.717, 1.165) is 24.1 Å². The molecule has 0 N–H and O–H groups in total. The summed E-state index contributed by atoms with van der Waals surface area (Å²) in [5.74, 6) is 0. The maximum Gasteiger partial charge on any atom is 0.182 e. The molecule has 0 aliphatic heterocycles. The Morgan fingerprint density at radius 2 is 0.744 bits per heavy atom. The minimum Gasteiger partial charge on any atom is -0.328 e. The second-order valence-corrected chi connectivity index (χ2v) is 14.0. The summed E-state index contributed by atoms with van der Waals surface area (Å²) in [5.41, 5.74) is 0. The van der Waals surface area contributed by atoms with E-state index in [1.807, 2.05) is 0 Å². The third-order valence-corrected chi connectivity index (χ3v) is 8.15. The molecule has 0 heterocycles. The molecule has 0 unspecified atom stereocenters. The molecule has 0 rings (SSSR count). The smallest absolute Gasteiger partial charge is 0.182 e. The maximum atomic E-state index is 6.40. The minimum atomic E-state index is 0.453. The lowest BCUT2D eigenvalue weighted by Gasteiger charge is -2.27. The van der Waals surface area contributed by atoms with Crippen molar-refractivity contribution >= 4 is 0 Å². The van der Waals surface area contributed by atoms with E-state index < -0.39 is 0 Å². The number of hydrogen-bond donors (Lipinski definition) is 0. The van der Waals surface area contributed by atoms with Crippen molar-refractivity contribution in [2.75, 3.05) is 27.9 Å². The molecular weight excluding hydrogens is 522 g/mol. The van der Waals surface area contributed by atoms with Crippen molar-refractivity contribution in [3.8, 4) is 0 Å². The predicted molar refractivity (Wildman–Crippen MR) is 196 cm³/mol. The van der Waals surface area contributed by atoms with Crippen LogP contribution in [0.15, 0.2) is 48.6 Å². The number of nitrogens with zero attached hydrogens (tertiary/aromatic N) is 1. The maximum absolute atomic E-state index is 6.40. The molecule has 0 amide bonds. The average Bonchev–Trinajstić information content (AvgIpc) is 2.98. The molecule has 0 aliphatic carbocycles. The molecule has 0 atom stereocenters. The van der Waals surface area contributed by atoms with E-state index >= 15 is 0 Å². The van der Waals surface area contributed by atoms with Crippen molar-refractivity contribution in [1.82, 2.24) is 0 Å². The molecule has 0 saturated carbocycles. The van der Waals surface area contributed by atoms with Gasteiger partial charge in [-0.25, -0.2) is 0 Å². The normalized spacial score (nSPS) is 12.9. The SMILES string of the molecule is CCCCC/C=C\C/C=C\CCCCCCCCC(CCCCCCCC/C=C\C/C=C\CCCCC)OC[N+](C)(C)C. The van der Waals surface area contributed by atoms with Gasteiger partial charge in [-0.3, -0.25) is 0 Å². The van der Waals surface area contributed by atoms with Gasteiger partial charge in [0, 0.05) is 0 Å². The van der Waals surface area contributed by atoms with Crippen molar-refractivity contribution < 1.29 is 9.22 Å². The molecule has 0 aliphatic rings. The molecule has 43 heavy (non-hydrogen) atoms. The minimum absolute atomic E-state index is 0.453. The highest BCUT2D eigenvalue weighted by Gasteiger charge is 2.14. The molecule has 0 aromatic carbocycles. The zero-order chi connectivity index (χ0) is 31.5. The largest absolute Gasteiger partial charge is 0.328 e. The first-order valence-corrected chi connectivity index (χ1v) is 19.0. The van der Waals surface area contributed by atoms with Gasteiger partial charge in [0.15, 0.2) is 6.73 Å². The lowest BCUT2D eigenvalue weighted by molar-refractivity contribution is -0.891. The monoisotopic (exact) mass is 601 g/mol. The molecule has 0 spiro atoms. The van der Waals surface area contributed by atoms with Gasteiger partial charge in [0.05, 0.1) is 27.2 Å². The Balaban J connectivity index is 3.80. The van der Waals surface area contributed by atoms with Crippen molar-refractivity contribution in [3.63, 3.8) is 0 Å². The Bertz CT molecular complexity index is 605. The highest BCUT2D eigenvalue weighted by Crippen LogP contribution is 2.18. The summed E-state index contributed by atoms with van der Waals surface area (Å²) >= 11 is 0. The third kappa shape index (κ3) is 37.0. The van der Waals surface area contributed by atoms with E-state index in [2.05, 4.69) is 83.6 Å². The molecule has 0 radical (unpaired) electrons. The Kier molecular flexibility index (Phi) is 32.9. The number of quaternary nitrogens is 1. The molecule has 0 bridgehead atoms. The van der Waals surface area contributed by atoms with Gasteiger partial charge >= 0.3 is 0 Å². The fourth-order valence-electron chi connectivity index (χ4n) is 5.36. The van der Waals surface area contributed by atoms with Gasteiger partial charge in [-0.2, -0.15) is 0 Å². The van der Waals surface area contributed by atoms with Crippen LogP contribution in [-0.2, 0) is 4.74 Å². The van der Waals surface area contributed by atoms with Crippen LogP contribution in [-0.4, -0.2) is 38.5 Å². The number of rotatable bonds is 33. The average molecular weight is 601 g/mol. The topological polar surface area (TPSA) is 9.23 Å². The van der Waals surface area contributed by atoms with Gasteiger partial charge in [0.2, 0.25) is 0 Å². The Morgan fingerprint density at radius 1 is 0.419 bits per heavy atom. The standard InChI is InChI=1S/C41H78NO/c1-6-8-10-12-14-16-18-20-22-24-26-28-30-32-34-36-38-41(43-40-42(3,4)5)39-37-35-33-31-29-27-25-23-21-19-17-15-13-11-9-7-2/h14-17,20-23,41H,6-13,18-19,24-40H2,1-5H3/q+1/b16-14-,17-15-,22-20-,23-21-. The summed E-state index contributed by atoms with van der Waals surface area (Å²) in [7, 11) is 6.70. The van der Waals surface area contributed by atoms with Gasteiger partial charge in [-0.05, 0) is 77.0 Å². The van der Waals surface area contributed by atoms with Crippen LogP contribution in [0.25, 0.3) is 0 Å². The zero-order valence-corrected chi connectivity index (χ0v) is 30.1. The van der Waals surface area contributed by atoms with E-state index in [0.29, 0.717) is 6.10 Å². The summed E-state index contributed by atoms with van der Waals surface area (Å²) in [5, 5.41) is 0. The van der Waals surface area contributed by atoms with Crippen LogP contribution in [0.5, 0.6) is 0 Å². The second-order valence-electron chi connectivity index (χ2n) is 14.0. The summed E-state index contributed by atoms with van der Waals surface area (Å²) in [6.45, 7) is 5.37. The lowest BCUT2D eigenvalue weighted by atomic mass is 10.0. The van der Waals surface area contributed by atoms with Crippen LogP contribution in [0.3, 0.4) is 0 Å². The summed E-state index contributed by atoms with van der Waals surface area (Å²) in [4.78, 5) is 0. The van der Waals surface area contributed by atoms with E-state index in [4.69, 9.17) is 4.74 Å². The van der Waals surface area contributed by atoms with Gasteiger partial charge < -0.3 is 9.22 Å². The molecule has 0 aromatic heterocycles. The molecule has 2 nitrogen and oxygen atoms in total. The van der Waals surface area contributed by atoms with Crippen LogP contribution in [0.1, 0.15) is 181 Å². The number of allylic oxidation sites excluding steroid dienone is 8. The highest BCUT2D eigenvalue weighted by atomic mass is 16.5. The second kappa shape index (κ2) is 33.8. The molecule has 0 saturated heterocycles. The zero-order valence-electron chi connectivity index (χ0n) is 30.1. The van der Waals surface area contributed by atoms with Gasteiger partial charge in [0.1, 0.15) is 0 Å². The number of unbranched alkanes of at least 4 members (excludes halogenated alkanes) is 18. The van der Waals surface area contributed by atoms with E-state index in [9.17, 15) is 0 Å².